The van der Waals surface area contributed by atoms with Crippen molar-refractivity contribution in [3.63, 3.8) is 0 Å². The van der Waals surface area contributed by atoms with Gasteiger partial charge in [0, 0.05) is 31.6 Å². The predicted molar refractivity (Wildman–Crippen MR) is 158 cm³/mol. The van der Waals surface area contributed by atoms with Crippen molar-refractivity contribution in [3.05, 3.63) is 65.5 Å². The molecule has 0 unspecified atom stereocenters. The summed E-state index contributed by atoms with van der Waals surface area (Å²) in [6.07, 6.45) is 3.07. The van der Waals surface area contributed by atoms with Gasteiger partial charge in [0.25, 0.3) is 5.91 Å². The molecule has 0 radical (unpaired) electrons. The Morgan fingerprint density at radius 2 is 1.90 bits per heavy atom. The molecule has 0 spiro atoms. The molecule has 0 saturated carbocycles. The number of carbonyl (C=O) groups excluding carboxylic acids is 3. The lowest BCUT2D eigenvalue weighted by molar-refractivity contribution is -0.118. The number of nitrogens with zero attached hydrogens (tertiary/aromatic N) is 3. The van der Waals surface area contributed by atoms with Crippen LogP contribution in [0.1, 0.15) is 41.5 Å². The molecule has 0 aliphatic rings. The molecule has 0 atom stereocenters. The maximum absolute atomic E-state index is 13.9. The van der Waals surface area contributed by atoms with Crippen LogP contribution in [0.3, 0.4) is 0 Å². The number of methoxy groups -OCH3 is 1. The minimum atomic E-state index is -0.406. The molecule has 4 aromatic rings. The third-order valence-corrected chi connectivity index (χ3v) is 6.63. The summed E-state index contributed by atoms with van der Waals surface area (Å²) in [5.41, 5.74) is 4.77. The molecular weight excluding hydrogens is 522 g/mol. The first-order valence-electron chi connectivity index (χ1n) is 13.3. The molecule has 0 aliphatic heterocycles. The number of carbonyl (C=O) groups is 2. The standard InChI is InChI=1S/C31H33N5O5/c1-19-11-14-26(27(17-19)41-16-7-6-15-32-21(3)38)36(4)31(39)24-13-12-23(30(40-5)29(24)33-18-37)22-9-8-10-25-28(22)35-20(2)34-25/h8-14,17H,6-7,15-16H2,1-5H3,(H,32,38)(H,34,35). The number of aliphatic imine (C=N–C) groups is 1. The molecule has 4 rings (SSSR count). The molecule has 0 aliphatic carbocycles. The lowest BCUT2D eigenvalue weighted by atomic mass is 9.98. The number of aromatic nitrogens is 2. The second-order valence-corrected chi connectivity index (χ2v) is 9.64. The number of fused-ring (bicyclic) bond motifs is 1. The molecule has 0 saturated heterocycles. The van der Waals surface area contributed by atoms with Gasteiger partial charge in [0.15, 0.2) is 5.75 Å². The maximum Gasteiger partial charge on any atom is 0.260 e. The summed E-state index contributed by atoms with van der Waals surface area (Å²) in [6.45, 7) is 6.29. The highest BCUT2D eigenvalue weighted by Crippen LogP contribution is 2.43. The van der Waals surface area contributed by atoms with Crippen molar-refractivity contribution in [1.82, 2.24) is 15.3 Å². The van der Waals surface area contributed by atoms with E-state index < -0.39 is 5.91 Å². The summed E-state index contributed by atoms with van der Waals surface area (Å²) in [5.74, 6) is 1.10. The van der Waals surface area contributed by atoms with E-state index in [4.69, 9.17) is 9.47 Å². The van der Waals surface area contributed by atoms with Crippen molar-refractivity contribution in [2.75, 3.05) is 32.2 Å². The molecule has 2 N–H and O–H groups in total. The topological polar surface area (TPSA) is 126 Å². The van der Waals surface area contributed by atoms with Crippen LogP contribution in [-0.2, 0) is 9.59 Å². The smallest absolute Gasteiger partial charge is 0.260 e. The van der Waals surface area contributed by atoms with E-state index in [0.29, 0.717) is 30.2 Å². The first-order valence-corrected chi connectivity index (χ1v) is 13.3. The van der Waals surface area contributed by atoms with Crippen LogP contribution < -0.4 is 19.7 Å². The Hall–Kier alpha value is -4.95. The lowest BCUT2D eigenvalue weighted by Gasteiger charge is -2.23. The van der Waals surface area contributed by atoms with Crippen molar-refractivity contribution in [2.45, 2.75) is 33.6 Å². The zero-order chi connectivity index (χ0) is 29.5. The molecule has 0 bridgehead atoms. The van der Waals surface area contributed by atoms with Gasteiger partial charge >= 0.3 is 0 Å². The molecule has 10 heteroatoms. The van der Waals surface area contributed by atoms with E-state index in [9.17, 15) is 14.4 Å². The molecular formula is C31H33N5O5. The summed E-state index contributed by atoms with van der Waals surface area (Å²) < 4.78 is 11.8. The fraction of sp³-hybridized carbons (Fsp3) is 0.290. The molecule has 10 nitrogen and oxygen atoms in total. The minimum absolute atomic E-state index is 0.0664. The average Bonchev–Trinajstić information content (AvgIpc) is 3.34. The van der Waals surface area contributed by atoms with E-state index >= 15 is 0 Å². The Balaban J connectivity index is 1.67. The number of nitrogens with one attached hydrogen (secondary N) is 2. The number of benzene rings is 3. The highest BCUT2D eigenvalue weighted by atomic mass is 16.5. The van der Waals surface area contributed by atoms with E-state index in [0.717, 1.165) is 40.8 Å². The van der Waals surface area contributed by atoms with Crippen LogP contribution in [0.4, 0.5) is 11.4 Å². The van der Waals surface area contributed by atoms with Crippen LogP contribution in [0.25, 0.3) is 22.2 Å². The van der Waals surface area contributed by atoms with Gasteiger partial charge < -0.3 is 24.7 Å². The normalized spacial score (nSPS) is 10.7. The van der Waals surface area contributed by atoms with Crippen LogP contribution in [0.2, 0.25) is 0 Å². The Morgan fingerprint density at radius 3 is 2.63 bits per heavy atom. The van der Waals surface area contributed by atoms with Crippen molar-refractivity contribution < 1.29 is 23.9 Å². The number of unbranched alkanes of at least 4 members (excludes halogenated alkanes) is 1. The number of amides is 2. The number of aromatic amines is 1. The first-order chi connectivity index (χ1) is 19.7. The fourth-order valence-corrected chi connectivity index (χ4v) is 4.67. The van der Waals surface area contributed by atoms with Gasteiger partial charge in [-0.25, -0.2) is 9.78 Å². The summed E-state index contributed by atoms with van der Waals surface area (Å²) in [5, 5.41) is 2.77. The van der Waals surface area contributed by atoms with Gasteiger partial charge in [0.2, 0.25) is 12.0 Å². The Labute approximate surface area is 238 Å². The van der Waals surface area contributed by atoms with Crippen LogP contribution in [0.15, 0.2) is 53.5 Å². The van der Waals surface area contributed by atoms with E-state index in [2.05, 4.69) is 20.3 Å². The van der Waals surface area contributed by atoms with E-state index in [1.54, 1.807) is 25.3 Å². The van der Waals surface area contributed by atoms with Crippen LogP contribution >= 0.6 is 0 Å². The second-order valence-electron chi connectivity index (χ2n) is 9.64. The molecule has 1 heterocycles. The third-order valence-electron chi connectivity index (χ3n) is 6.63. The summed E-state index contributed by atoms with van der Waals surface area (Å²) in [7, 11) is 3.10. The monoisotopic (exact) mass is 555 g/mol. The molecule has 2 amide bonds. The van der Waals surface area contributed by atoms with Crippen molar-refractivity contribution >= 4 is 40.3 Å². The molecule has 3 aromatic carbocycles. The lowest BCUT2D eigenvalue weighted by Crippen LogP contribution is -2.27. The summed E-state index contributed by atoms with van der Waals surface area (Å²) >= 11 is 0. The maximum atomic E-state index is 13.9. The van der Waals surface area contributed by atoms with E-state index in [-0.39, 0.29) is 22.9 Å². The number of rotatable bonds is 11. The SMILES string of the molecule is COc1c(-c2cccc3[nH]c(C)nc23)ccc(C(=O)N(C)c2ccc(C)cc2OCCCCNC(C)=O)c1N=C=O. The van der Waals surface area contributed by atoms with Gasteiger partial charge in [-0.1, -0.05) is 18.2 Å². The number of para-hydroxylation sites is 1. The quantitative estimate of drug-likeness (QED) is 0.145. The number of hydrogen-bond acceptors (Lipinski definition) is 7. The van der Waals surface area contributed by atoms with Crippen molar-refractivity contribution in [1.29, 1.82) is 0 Å². The van der Waals surface area contributed by atoms with E-state index in [1.165, 1.54) is 18.9 Å². The molecule has 41 heavy (non-hydrogen) atoms. The van der Waals surface area contributed by atoms with Gasteiger partial charge in [-0.2, -0.15) is 4.99 Å². The van der Waals surface area contributed by atoms with Crippen molar-refractivity contribution in [2.24, 2.45) is 4.99 Å². The highest BCUT2D eigenvalue weighted by molar-refractivity contribution is 6.11. The van der Waals surface area contributed by atoms with Gasteiger partial charge in [-0.05, 0) is 62.6 Å². The Kier molecular flexibility index (Phi) is 9.16. The fourth-order valence-electron chi connectivity index (χ4n) is 4.67. The van der Waals surface area contributed by atoms with Gasteiger partial charge in [-0.15, -0.1) is 0 Å². The van der Waals surface area contributed by atoms with Gasteiger partial charge in [0.1, 0.15) is 17.3 Å². The Bertz CT molecular complexity index is 1640. The summed E-state index contributed by atoms with van der Waals surface area (Å²) in [6, 6.07) is 14.7. The zero-order valence-electron chi connectivity index (χ0n) is 23.8. The number of hydrogen-bond donors (Lipinski definition) is 2. The molecule has 1 aromatic heterocycles. The van der Waals surface area contributed by atoms with Crippen LogP contribution in [-0.4, -0.2) is 55.2 Å². The molecule has 0 fully saturated rings. The number of H-pyrrole nitrogens is 1. The van der Waals surface area contributed by atoms with E-state index in [1.807, 2.05) is 50.2 Å². The second kappa shape index (κ2) is 12.9. The van der Waals surface area contributed by atoms with Crippen molar-refractivity contribution in [3.8, 4) is 22.6 Å². The number of imidazole rings is 1. The number of aryl methyl sites for hydroxylation is 2. The predicted octanol–water partition coefficient (Wildman–Crippen LogP) is 5.39. The average molecular weight is 556 g/mol. The minimum Gasteiger partial charge on any atom is -0.494 e. The van der Waals surface area contributed by atoms with Gasteiger partial charge in [-0.3, -0.25) is 9.59 Å². The largest absolute Gasteiger partial charge is 0.494 e. The molecule has 212 valence electrons. The van der Waals surface area contributed by atoms with Crippen LogP contribution in [0.5, 0.6) is 11.5 Å². The van der Waals surface area contributed by atoms with Crippen LogP contribution in [0, 0.1) is 13.8 Å². The number of isocyanates is 1. The Morgan fingerprint density at radius 1 is 1.10 bits per heavy atom. The third kappa shape index (κ3) is 6.45. The summed E-state index contributed by atoms with van der Waals surface area (Å²) in [4.78, 5) is 49.6. The number of ether oxygens (including phenoxy) is 2. The zero-order valence-corrected chi connectivity index (χ0v) is 23.8. The van der Waals surface area contributed by atoms with Gasteiger partial charge in [0.05, 0.1) is 36.0 Å². The highest BCUT2D eigenvalue weighted by Gasteiger charge is 2.25. The first kappa shape index (κ1) is 29.0. The number of anilines is 1.